The Morgan fingerprint density at radius 2 is 2.17 bits per heavy atom. The average Bonchev–Trinajstić information content (AvgIpc) is 3.25. The summed E-state index contributed by atoms with van der Waals surface area (Å²) < 4.78 is 7.46. The van der Waals surface area contributed by atoms with Crippen LogP contribution in [0.1, 0.15) is 23.3 Å². The Balaban J connectivity index is 1.50. The molecule has 35 heavy (non-hydrogen) atoms. The van der Waals surface area contributed by atoms with E-state index in [9.17, 15) is 14.7 Å². The molecule has 2 saturated heterocycles. The molecule has 2 aliphatic rings. The SMILES string of the molecule is Cc1cc(Cl)cc(-c2ccnc3cc(CC4NCCNC4=O)sc23)c1O[C@H]1CCCN(C(=O)O)C1. The topological polar surface area (TPSA) is 104 Å². The van der Waals surface area contributed by atoms with E-state index >= 15 is 0 Å². The minimum absolute atomic E-state index is 0.0194. The van der Waals surface area contributed by atoms with Crippen LogP contribution in [0.2, 0.25) is 5.02 Å². The molecule has 8 nitrogen and oxygen atoms in total. The number of thiophene rings is 1. The van der Waals surface area contributed by atoms with Crippen molar-refractivity contribution in [2.75, 3.05) is 26.2 Å². The first-order chi connectivity index (χ1) is 16.9. The van der Waals surface area contributed by atoms with Crippen LogP contribution in [0.3, 0.4) is 0 Å². The Labute approximate surface area is 212 Å². The predicted octanol–water partition coefficient (Wildman–Crippen LogP) is 4.08. The van der Waals surface area contributed by atoms with E-state index in [1.807, 2.05) is 31.2 Å². The van der Waals surface area contributed by atoms with Crippen molar-refractivity contribution < 1.29 is 19.4 Å². The Kier molecular flexibility index (Phi) is 6.82. The number of halogens is 1. The molecular weight excluding hydrogens is 488 g/mol. The molecule has 0 saturated carbocycles. The number of aryl methyl sites for hydroxylation is 1. The summed E-state index contributed by atoms with van der Waals surface area (Å²) in [5.41, 5.74) is 3.57. The summed E-state index contributed by atoms with van der Waals surface area (Å²) in [4.78, 5) is 30.7. The van der Waals surface area contributed by atoms with Gasteiger partial charge in [-0.3, -0.25) is 9.78 Å². The van der Waals surface area contributed by atoms with E-state index < -0.39 is 6.09 Å². The zero-order valence-electron chi connectivity index (χ0n) is 19.3. The van der Waals surface area contributed by atoms with Gasteiger partial charge >= 0.3 is 6.09 Å². The van der Waals surface area contributed by atoms with Crippen LogP contribution in [0.5, 0.6) is 5.75 Å². The molecule has 3 aromatic rings. The maximum absolute atomic E-state index is 12.2. The zero-order valence-corrected chi connectivity index (χ0v) is 20.9. The van der Waals surface area contributed by atoms with E-state index in [1.165, 1.54) is 4.90 Å². The van der Waals surface area contributed by atoms with Gasteiger partial charge in [0.15, 0.2) is 0 Å². The van der Waals surface area contributed by atoms with Gasteiger partial charge in [0, 0.05) is 53.3 Å². The summed E-state index contributed by atoms with van der Waals surface area (Å²) in [6.45, 7) is 4.22. The molecule has 2 atom stereocenters. The van der Waals surface area contributed by atoms with E-state index in [1.54, 1.807) is 17.5 Å². The number of hydrogen-bond acceptors (Lipinski definition) is 6. The van der Waals surface area contributed by atoms with Gasteiger partial charge in [-0.1, -0.05) is 11.6 Å². The summed E-state index contributed by atoms with van der Waals surface area (Å²) in [5, 5.41) is 16.2. The lowest BCUT2D eigenvalue weighted by Gasteiger charge is -2.32. The molecule has 1 unspecified atom stereocenters. The van der Waals surface area contributed by atoms with Gasteiger partial charge in [-0.2, -0.15) is 0 Å². The molecule has 0 spiro atoms. The fraction of sp³-hybridized carbons (Fsp3) is 0.400. The number of carbonyl (C=O) groups is 2. The summed E-state index contributed by atoms with van der Waals surface area (Å²) in [5.74, 6) is 0.730. The Morgan fingerprint density at radius 1 is 1.31 bits per heavy atom. The van der Waals surface area contributed by atoms with Crippen molar-refractivity contribution in [2.45, 2.75) is 38.3 Å². The minimum Gasteiger partial charge on any atom is -0.488 e. The van der Waals surface area contributed by atoms with Crippen LogP contribution in [0.25, 0.3) is 21.3 Å². The minimum atomic E-state index is -0.922. The van der Waals surface area contributed by atoms with Gasteiger partial charge in [0.1, 0.15) is 11.9 Å². The smallest absolute Gasteiger partial charge is 0.407 e. The van der Waals surface area contributed by atoms with Crippen LogP contribution in [0.4, 0.5) is 4.79 Å². The highest BCUT2D eigenvalue weighted by molar-refractivity contribution is 7.19. The van der Waals surface area contributed by atoms with E-state index in [2.05, 4.69) is 15.6 Å². The third kappa shape index (κ3) is 5.07. The number of fused-ring (bicyclic) bond motifs is 1. The molecule has 2 amide bonds. The number of likely N-dealkylation sites (tertiary alicyclic amines) is 1. The van der Waals surface area contributed by atoms with Crippen LogP contribution in [-0.2, 0) is 11.2 Å². The quantitative estimate of drug-likeness (QED) is 0.474. The molecule has 3 N–H and O–H groups in total. The molecule has 2 aromatic heterocycles. The van der Waals surface area contributed by atoms with Gasteiger partial charge in [0.05, 0.1) is 22.8 Å². The lowest BCUT2D eigenvalue weighted by Crippen LogP contribution is -2.53. The number of benzene rings is 1. The molecule has 2 aliphatic heterocycles. The molecule has 0 aliphatic carbocycles. The van der Waals surface area contributed by atoms with E-state index in [4.69, 9.17) is 16.3 Å². The molecule has 2 fully saturated rings. The Morgan fingerprint density at radius 3 is 2.97 bits per heavy atom. The van der Waals surface area contributed by atoms with Gasteiger partial charge in [0.2, 0.25) is 5.91 Å². The van der Waals surface area contributed by atoms with Crippen LogP contribution < -0.4 is 15.4 Å². The maximum Gasteiger partial charge on any atom is 0.407 e. The summed E-state index contributed by atoms with van der Waals surface area (Å²) in [6.07, 6.45) is 2.76. The third-order valence-corrected chi connectivity index (χ3v) is 7.86. The average molecular weight is 515 g/mol. The van der Waals surface area contributed by atoms with Crippen molar-refractivity contribution in [3.8, 4) is 16.9 Å². The molecule has 5 rings (SSSR count). The molecule has 1 aromatic carbocycles. The molecular formula is C25H27ClN4O4S. The second-order valence-corrected chi connectivity index (χ2v) is 10.6. The lowest BCUT2D eigenvalue weighted by molar-refractivity contribution is -0.124. The number of pyridine rings is 1. The highest BCUT2D eigenvalue weighted by Gasteiger charge is 2.27. The van der Waals surface area contributed by atoms with Crippen LogP contribution in [0, 0.1) is 6.92 Å². The normalized spacial score (nSPS) is 20.6. The van der Waals surface area contributed by atoms with Crippen molar-refractivity contribution in [3.63, 3.8) is 0 Å². The number of nitrogens with zero attached hydrogens (tertiary/aromatic N) is 2. The molecule has 4 heterocycles. The Bertz CT molecular complexity index is 1280. The molecule has 184 valence electrons. The first-order valence-corrected chi connectivity index (χ1v) is 12.9. The number of carboxylic acid groups (broad SMARTS) is 1. The number of piperidine rings is 1. The number of amides is 2. The molecule has 10 heteroatoms. The highest BCUT2D eigenvalue weighted by atomic mass is 35.5. The van der Waals surface area contributed by atoms with Gasteiger partial charge in [-0.05, 0) is 49.6 Å². The number of aromatic nitrogens is 1. The molecule has 0 radical (unpaired) electrons. The second-order valence-electron chi connectivity index (χ2n) is 9.00. The number of piperazine rings is 1. The standard InChI is InChI=1S/C25H27ClN4O4S/c1-14-9-15(26)10-19(22(14)34-16-3-2-8-30(13-16)25(32)33)18-4-5-27-20-11-17(35-23(18)20)12-21-24(31)29-7-6-28-21/h4-5,9-11,16,21,28H,2-3,6-8,12-13H2,1H3,(H,29,31)(H,32,33)/t16-,21?/m0/s1. The second kappa shape index (κ2) is 10.0. The Hall–Kier alpha value is -2.88. The first kappa shape index (κ1) is 23.8. The number of hydrogen-bond donors (Lipinski definition) is 3. The van der Waals surface area contributed by atoms with Crippen LogP contribution in [0.15, 0.2) is 30.5 Å². The van der Waals surface area contributed by atoms with Crippen molar-refractivity contribution in [2.24, 2.45) is 0 Å². The van der Waals surface area contributed by atoms with Crippen molar-refractivity contribution >= 4 is 45.2 Å². The number of rotatable bonds is 5. The fourth-order valence-corrected chi connectivity index (χ4v) is 6.24. The number of nitrogens with one attached hydrogen (secondary N) is 2. The van der Waals surface area contributed by atoms with Crippen molar-refractivity contribution in [1.29, 1.82) is 0 Å². The number of carbonyl (C=O) groups excluding carboxylic acids is 1. The maximum atomic E-state index is 12.2. The summed E-state index contributed by atoms with van der Waals surface area (Å²) in [6, 6.07) is 7.50. The summed E-state index contributed by atoms with van der Waals surface area (Å²) in [7, 11) is 0. The van der Waals surface area contributed by atoms with E-state index in [-0.39, 0.29) is 18.1 Å². The largest absolute Gasteiger partial charge is 0.488 e. The zero-order chi connectivity index (χ0) is 24.5. The molecule has 0 bridgehead atoms. The monoisotopic (exact) mass is 514 g/mol. The predicted molar refractivity (Wildman–Crippen MR) is 137 cm³/mol. The summed E-state index contributed by atoms with van der Waals surface area (Å²) >= 11 is 8.09. The van der Waals surface area contributed by atoms with Gasteiger partial charge in [-0.25, -0.2) is 4.79 Å². The van der Waals surface area contributed by atoms with E-state index in [0.717, 1.165) is 51.2 Å². The van der Waals surface area contributed by atoms with Gasteiger partial charge < -0.3 is 25.4 Å². The fourth-order valence-electron chi connectivity index (χ4n) is 4.78. The van der Waals surface area contributed by atoms with Crippen molar-refractivity contribution in [3.05, 3.63) is 45.9 Å². The number of ether oxygens (including phenoxy) is 1. The van der Waals surface area contributed by atoms with Gasteiger partial charge in [-0.15, -0.1) is 11.3 Å². The lowest BCUT2D eigenvalue weighted by atomic mass is 10.0. The third-order valence-electron chi connectivity index (χ3n) is 6.46. The highest BCUT2D eigenvalue weighted by Crippen LogP contribution is 2.42. The van der Waals surface area contributed by atoms with Crippen LogP contribution >= 0.6 is 22.9 Å². The van der Waals surface area contributed by atoms with Crippen molar-refractivity contribution in [1.82, 2.24) is 20.5 Å². The van der Waals surface area contributed by atoms with Crippen LogP contribution in [-0.4, -0.2) is 65.3 Å². The van der Waals surface area contributed by atoms with Gasteiger partial charge in [0.25, 0.3) is 0 Å². The van der Waals surface area contributed by atoms with E-state index in [0.29, 0.717) is 36.8 Å². The first-order valence-electron chi connectivity index (χ1n) is 11.7.